The molecule has 0 radical (unpaired) electrons. The molecule has 2 rings (SSSR count). The lowest BCUT2D eigenvalue weighted by Crippen LogP contribution is -2.37. The lowest BCUT2D eigenvalue weighted by Gasteiger charge is -2.18. The first-order valence-corrected chi connectivity index (χ1v) is 8.72. The predicted molar refractivity (Wildman–Crippen MR) is 103 cm³/mol. The van der Waals surface area contributed by atoms with Gasteiger partial charge in [0, 0.05) is 12.7 Å². The third-order valence-corrected chi connectivity index (χ3v) is 4.16. The number of rotatable bonds is 7. The second kappa shape index (κ2) is 9.04. The van der Waals surface area contributed by atoms with Crippen LogP contribution >= 0.6 is 0 Å². The van der Waals surface area contributed by atoms with Gasteiger partial charge in [-0.15, -0.1) is 0 Å². The Balaban J connectivity index is 1.87. The molecule has 0 spiro atoms. The number of nitrogens with zero attached hydrogens (tertiary/aromatic N) is 1. The lowest BCUT2D eigenvalue weighted by molar-refractivity contribution is -0.135. The molecule has 0 atom stereocenters. The lowest BCUT2D eigenvalue weighted by atomic mass is 10.1. The number of aryl methyl sites for hydroxylation is 3. The van der Waals surface area contributed by atoms with E-state index in [4.69, 9.17) is 4.74 Å². The standard InChI is InChI=1S/C21H26N2O3/c1-5-17-8-6-7-9-18(17)22-20(24)13-23(4)21(25)14-26-19-11-10-15(2)12-16(19)3/h6-12H,5,13-14H2,1-4H3,(H,22,24). The molecule has 5 heteroatoms. The van der Waals surface area contributed by atoms with Gasteiger partial charge in [-0.1, -0.05) is 42.8 Å². The first-order valence-electron chi connectivity index (χ1n) is 8.72. The maximum Gasteiger partial charge on any atom is 0.260 e. The normalized spacial score (nSPS) is 10.3. The molecule has 1 N–H and O–H groups in total. The Labute approximate surface area is 155 Å². The van der Waals surface area contributed by atoms with Crippen molar-refractivity contribution < 1.29 is 14.3 Å². The zero-order chi connectivity index (χ0) is 19.1. The second-order valence-electron chi connectivity index (χ2n) is 6.37. The third-order valence-electron chi connectivity index (χ3n) is 4.16. The molecule has 0 aromatic heterocycles. The van der Waals surface area contributed by atoms with Crippen LogP contribution in [0.1, 0.15) is 23.6 Å². The highest BCUT2D eigenvalue weighted by atomic mass is 16.5. The van der Waals surface area contributed by atoms with Crippen molar-refractivity contribution >= 4 is 17.5 Å². The first-order chi connectivity index (χ1) is 12.4. The van der Waals surface area contributed by atoms with Crippen molar-refractivity contribution in [3.8, 4) is 5.75 Å². The number of benzene rings is 2. The van der Waals surface area contributed by atoms with Gasteiger partial charge < -0.3 is 15.0 Å². The van der Waals surface area contributed by atoms with Gasteiger partial charge in [-0.2, -0.15) is 0 Å². The minimum atomic E-state index is -0.246. The van der Waals surface area contributed by atoms with Gasteiger partial charge in [0.15, 0.2) is 6.61 Å². The molecule has 2 aromatic rings. The minimum Gasteiger partial charge on any atom is -0.484 e. The molecule has 0 bridgehead atoms. The van der Waals surface area contributed by atoms with Gasteiger partial charge in [0.1, 0.15) is 5.75 Å². The van der Waals surface area contributed by atoms with Crippen molar-refractivity contribution in [3.05, 3.63) is 59.2 Å². The summed E-state index contributed by atoms with van der Waals surface area (Å²) in [5.74, 6) is 0.204. The number of hydrogen-bond donors (Lipinski definition) is 1. The van der Waals surface area contributed by atoms with Crippen LogP contribution in [0.15, 0.2) is 42.5 Å². The highest BCUT2D eigenvalue weighted by Gasteiger charge is 2.15. The van der Waals surface area contributed by atoms with Gasteiger partial charge in [-0.25, -0.2) is 0 Å². The molecule has 0 aliphatic carbocycles. The molecule has 0 aliphatic rings. The van der Waals surface area contributed by atoms with Crippen LogP contribution in [0.2, 0.25) is 0 Å². The fraction of sp³-hybridized carbons (Fsp3) is 0.333. The van der Waals surface area contributed by atoms with Crippen molar-refractivity contribution in [1.82, 2.24) is 4.90 Å². The number of para-hydroxylation sites is 1. The maximum atomic E-state index is 12.2. The van der Waals surface area contributed by atoms with Crippen LogP contribution in [0.3, 0.4) is 0 Å². The van der Waals surface area contributed by atoms with Crippen molar-refractivity contribution in [2.24, 2.45) is 0 Å². The molecule has 2 amide bonds. The first kappa shape index (κ1) is 19.5. The van der Waals surface area contributed by atoms with Crippen LogP contribution in [0.4, 0.5) is 5.69 Å². The zero-order valence-corrected chi connectivity index (χ0v) is 15.8. The second-order valence-corrected chi connectivity index (χ2v) is 6.37. The van der Waals surface area contributed by atoms with Crippen LogP contribution in [-0.2, 0) is 16.0 Å². The number of ether oxygens (including phenoxy) is 1. The van der Waals surface area contributed by atoms with E-state index in [2.05, 4.69) is 5.32 Å². The molecular formula is C21H26N2O3. The van der Waals surface area contributed by atoms with E-state index in [1.165, 1.54) is 4.90 Å². The molecule has 0 saturated heterocycles. The summed E-state index contributed by atoms with van der Waals surface area (Å²) in [5, 5.41) is 2.86. The van der Waals surface area contributed by atoms with Crippen molar-refractivity contribution in [3.63, 3.8) is 0 Å². The summed E-state index contributed by atoms with van der Waals surface area (Å²) in [6.45, 7) is 5.86. The van der Waals surface area contributed by atoms with Crippen molar-refractivity contribution in [1.29, 1.82) is 0 Å². The van der Waals surface area contributed by atoms with Gasteiger partial charge in [-0.3, -0.25) is 9.59 Å². The molecule has 0 heterocycles. The van der Waals surface area contributed by atoms with Crippen molar-refractivity contribution in [2.75, 3.05) is 25.5 Å². The largest absolute Gasteiger partial charge is 0.484 e. The molecule has 5 nitrogen and oxygen atoms in total. The van der Waals surface area contributed by atoms with Crippen LogP contribution < -0.4 is 10.1 Å². The fourth-order valence-corrected chi connectivity index (χ4v) is 2.65. The van der Waals surface area contributed by atoms with Gasteiger partial charge in [0.2, 0.25) is 5.91 Å². The summed E-state index contributed by atoms with van der Waals surface area (Å²) in [6, 6.07) is 13.4. The number of hydrogen-bond acceptors (Lipinski definition) is 3. The third kappa shape index (κ3) is 5.34. The summed E-state index contributed by atoms with van der Waals surface area (Å²) in [4.78, 5) is 25.8. The van der Waals surface area contributed by atoms with Crippen LogP contribution in [-0.4, -0.2) is 36.9 Å². The summed E-state index contributed by atoms with van der Waals surface area (Å²) in [6.07, 6.45) is 0.828. The Kier molecular flexibility index (Phi) is 6.78. The highest BCUT2D eigenvalue weighted by molar-refractivity contribution is 5.95. The van der Waals surface area contributed by atoms with E-state index in [9.17, 15) is 9.59 Å². The van der Waals surface area contributed by atoms with E-state index < -0.39 is 0 Å². The molecule has 26 heavy (non-hydrogen) atoms. The smallest absolute Gasteiger partial charge is 0.260 e. The number of amides is 2. The molecule has 0 unspecified atom stereocenters. The van der Waals surface area contributed by atoms with Gasteiger partial charge >= 0.3 is 0 Å². The Morgan fingerprint density at radius 3 is 2.54 bits per heavy atom. The molecule has 0 aliphatic heterocycles. The number of carbonyl (C=O) groups excluding carboxylic acids is 2. The summed E-state index contributed by atoms with van der Waals surface area (Å²) in [5.41, 5.74) is 3.97. The molecule has 0 saturated carbocycles. The number of anilines is 1. The van der Waals surface area contributed by atoms with E-state index in [0.717, 1.165) is 28.8 Å². The zero-order valence-electron chi connectivity index (χ0n) is 15.8. The number of nitrogens with one attached hydrogen (secondary N) is 1. The molecule has 138 valence electrons. The Bertz CT molecular complexity index is 787. The van der Waals surface area contributed by atoms with E-state index in [-0.39, 0.29) is 25.0 Å². The summed E-state index contributed by atoms with van der Waals surface area (Å²) in [7, 11) is 1.60. The number of likely N-dealkylation sites (N-methyl/N-ethyl adjacent to an activating group) is 1. The monoisotopic (exact) mass is 354 g/mol. The molecule has 0 fully saturated rings. The topological polar surface area (TPSA) is 58.6 Å². The van der Waals surface area contributed by atoms with Crippen LogP contribution in [0.25, 0.3) is 0 Å². The quantitative estimate of drug-likeness (QED) is 0.830. The number of carbonyl (C=O) groups is 2. The van der Waals surface area contributed by atoms with Gasteiger partial charge in [0.05, 0.1) is 6.54 Å². The fourth-order valence-electron chi connectivity index (χ4n) is 2.65. The summed E-state index contributed by atoms with van der Waals surface area (Å²) >= 11 is 0. The van der Waals surface area contributed by atoms with E-state index >= 15 is 0 Å². The minimum absolute atomic E-state index is 0.0207. The average molecular weight is 354 g/mol. The SMILES string of the molecule is CCc1ccccc1NC(=O)CN(C)C(=O)COc1ccc(C)cc1C. The van der Waals surface area contributed by atoms with E-state index in [1.54, 1.807) is 7.05 Å². The van der Waals surface area contributed by atoms with E-state index in [1.807, 2.05) is 63.2 Å². The summed E-state index contributed by atoms with van der Waals surface area (Å²) < 4.78 is 5.59. The van der Waals surface area contributed by atoms with Crippen LogP contribution in [0.5, 0.6) is 5.75 Å². The van der Waals surface area contributed by atoms with E-state index in [0.29, 0.717) is 5.75 Å². The maximum absolute atomic E-state index is 12.2. The van der Waals surface area contributed by atoms with Gasteiger partial charge in [-0.05, 0) is 43.5 Å². The Hall–Kier alpha value is -2.82. The van der Waals surface area contributed by atoms with Crippen LogP contribution in [0, 0.1) is 13.8 Å². The molecule has 2 aromatic carbocycles. The predicted octanol–water partition coefficient (Wildman–Crippen LogP) is 3.34. The highest BCUT2D eigenvalue weighted by Crippen LogP contribution is 2.18. The van der Waals surface area contributed by atoms with Crippen molar-refractivity contribution in [2.45, 2.75) is 27.2 Å². The average Bonchev–Trinajstić information content (AvgIpc) is 2.61. The van der Waals surface area contributed by atoms with Gasteiger partial charge in [0.25, 0.3) is 5.91 Å². The molecular weight excluding hydrogens is 328 g/mol. The Morgan fingerprint density at radius 1 is 1.12 bits per heavy atom. The Morgan fingerprint density at radius 2 is 1.85 bits per heavy atom.